The Balaban J connectivity index is 1.53. The predicted octanol–water partition coefficient (Wildman–Crippen LogP) is 8.25. The second kappa shape index (κ2) is 10.4. The van der Waals surface area contributed by atoms with Crippen LogP contribution in [-0.4, -0.2) is 19.9 Å². The Kier molecular flexibility index (Phi) is 6.83. The summed E-state index contributed by atoms with van der Waals surface area (Å²) in [6.45, 7) is 0.794. The number of methoxy groups -OCH3 is 1. The molecule has 4 aromatic carbocycles. The molecule has 2 heterocycles. The maximum absolute atomic E-state index is 6.49. The number of hydrogen-bond donors (Lipinski definition) is 1. The zero-order chi connectivity index (χ0) is 27.0. The number of aliphatic imine (C=N–C) groups is 1. The molecule has 4 nitrogen and oxygen atoms in total. The highest BCUT2D eigenvalue weighted by Crippen LogP contribution is 2.57. The standard InChI is InChI=1S/C33H26Cl2N2O2/c1-3-21-7-14-31(39-26-11-9-25(38-2)10-12-26)27(17-21)32-33(20-37-30-19-24(35)8-13-29(30)33)28(15-16-36-32)22-5-4-6-23(34)18-22/h1,4-14,17-20,28,32,36H,15-16H2,2H3/t28-,32-,33-/m0/s1. The second-order valence-electron chi connectivity index (χ2n) is 9.81. The highest BCUT2D eigenvalue weighted by Gasteiger charge is 2.53. The molecular weight excluding hydrogens is 527 g/mol. The van der Waals surface area contributed by atoms with Crippen LogP contribution in [0.3, 0.4) is 0 Å². The van der Waals surface area contributed by atoms with E-state index in [9.17, 15) is 0 Å². The fourth-order valence-electron chi connectivity index (χ4n) is 5.97. The Bertz CT molecular complexity index is 1610. The molecule has 0 aliphatic carbocycles. The van der Waals surface area contributed by atoms with Gasteiger partial charge in [-0.05, 0) is 90.8 Å². The predicted molar refractivity (Wildman–Crippen MR) is 158 cm³/mol. The third-order valence-electron chi connectivity index (χ3n) is 7.71. The van der Waals surface area contributed by atoms with Crippen LogP contribution in [0.4, 0.5) is 5.69 Å². The van der Waals surface area contributed by atoms with E-state index in [4.69, 9.17) is 44.1 Å². The fraction of sp³-hybridized carbons (Fsp3) is 0.182. The number of ether oxygens (including phenoxy) is 2. The minimum absolute atomic E-state index is 0.0944. The lowest BCUT2D eigenvalue weighted by atomic mass is 9.60. The number of fused-ring (bicyclic) bond motifs is 2. The quantitative estimate of drug-likeness (QED) is 0.253. The van der Waals surface area contributed by atoms with Crippen LogP contribution < -0.4 is 14.8 Å². The molecular formula is C33H26Cl2N2O2. The zero-order valence-electron chi connectivity index (χ0n) is 21.3. The molecule has 1 spiro atoms. The topological polar surface area (TPSA) is 42.9 Å². The van der Waals surface area contributed by atoms with Crippen molar-refractivity contribution < 1.29 is 9.47 Å². The van der Waals surface area contributed by atoms with Crippen molar-refractivity contribution in [1.29, 1.82) is 0 Å². The third kappa shape index (κ3) is 4.57. The number of benzene rings is 4. The number of rotatable bonds is 5. The van der Waals surface area contributed by atoms with E-state index in [1.165, 1.54) is 0 Å². The Morgan fingerprint density at radius 3 is 2.51 bits per heavy atom. The summed E-state index contributed by atoms with van der Waals surface area (Å²) in [4.78, 5) is 4.91. The van der Waals surface area contributed by atoms with E-state index >= 15 is 0 Å². The van der Waals surface area contributed by atoms with Crippen molar-refractivity contribution in [3.8, 4) is 29.6 Å². The van der Waals surface area contributed by atoms with Gasteiger partial charge in [0.2, 0.25) is 0 Å². The number of piperidine rings is 1. The van der Waals surface area contributed by atoms with Crippen LogP contribution in [0.5, 0.6) is 17.2 Å². The van der Waals surface area contributed by atoms with Gasteiger partial charge >= 0.3 is 0 Å². The molecule has 0 amide bonds. The number of hydrogen-bond acceptors (Lipinski definition) is 4. The Hall–Kier alpha value is -3.75. The molecule has 4 aromatic rings. The van der Waals surface area contributed by atoms with Crippen LogP contribution in [-0.2, 0) is 5.41 Å². The molecule has 1 fully saturated rings. The zero-order valence-corrected chi connectivity index (χ0v) is 22.8. The van der Waals surface area contributed by atoms with E-state index < -0.39 is 5.41 Å². The molecule has 0 saturated carbocycles. The normalized spacial score (nSPS) is 21.4. The summed E-state index contributed by atoms with van der Waals surface area (Å²) >= 11 is 12.9. The third-order valence-corrected chi connectivity index (χ3v) is 8.18. The Labute approximate surface area is 238 Å². The molecule has 6 rings (SSSR count). The maximum atomic E-state index is 6.49. The lowest BCUT2D eigenvalue weighted by molar-refractivity contribution is 0.265. The van der Waals surface area contributed by atoms with Crippen LogP contribution in [0.15, 0.2) is 89.9 Å². The lowest BCUT2D eigenvalue weighted by Crippen LogP contribution is -2.51. The average Bonchev–Trinajstić information content (AvgIpc) is 3.32. The van der Waals surface area contributed by atoms with Gasteiger partial charge in [-0.25, -0.2) is 0 Å². The maximum Gasteiger partial charge on any atom is 0.132 e. The summed E-state index contributed by atoms with van der Waals surface area (Å²) in [6.07, 6.45) is 8.85. The van der Waals surface area contributed by atoms with Gasteiger partial charge in [0.25, 0.3) is 0 Å². The largest absolute Gasteiger partial charge is 0.497 e. The molecule has 6 heteroatoms. The summed E-state index contributed by atoms with van der Waals surface area (Å²) in [5, 5.41) is 5.17. The van der Waals surface area contributed by atoms with Gasteiger partial charge in [-0.15, -0.1) is 6.42 Å². The molecule has 2 aliphatic rings. The van der Waals surface area contributed by atoms with E-state index in [1.54, 1.807) is 7.11 Å². The van der Waals surface area contributed by atoms with E-state index in [0.29, 0.717) is 15.8 Å². The first-order chi connectivity index (χ1) is 19.0. The Morgan fingerprint density at radius 1 is 0.949 bits per heavy atom. The van der Waals surface area contributed by atoms with Crippen LogP contribution in [0, 0.1) is 12.3 Å². The smallest absolute Gasteiger partial charge is 0.132 e. The lowest BCUT2D eigenvalue weighted by Gasteiger charge is -2.47. The molecule has 3 atom stereocenters. The first-order valence-electron chi connectivity index (χ1n) is 12.8. The number of terminal acetylenes is 1. The monoisotopic (exact) mass is 552 g/mol. The van der Waals surface area contributed by atoms with E-state index in [0.717, 1.165) is 52.4 Å². The highest BCUT2D eigenvalue weighted by molar-refractivity contribution is 6.31. The van der Waals surface area contributed by atoms with Gasteiger partial charge in [-0.2, -0.15) is 0 Å². The van der Waals surface area contributed by atoms with E-state index in [-0.39, 0.29) is 12.0 Å². The van der Waals surface area contributed by atoms with Gasteiger partial charge in [0.15, 0.2) is 0 Å². The van der Waals surface area contributed by atoms with Gasteiger partial charge in [0.1, 0.15) is 17.2 Å². The minimum Gasteiger partial charge on any atom is -0.497 e. The number of nitrogens with one attached hydrogen (secondary N) is 1. The summed E-state index contributed by atoms with van der Waals surface area (Å²) in [5.74, 6) is 5.08. The molecule has 0 aromatic heterocycles. The van der Waals surface area contributed by atoms with Crippen molar-refractivity contribution in [2.75, 3.05) is 13.7 Å². The van der Waals surface area contributed by atoms with Gasteiger partial charge in [0, 0.05) is 33.3 Å². The SMILES string of the molecule is C#Cc1ccc(Oc2ccc(OC)cc2)c([C@@H]2NCC[C@@H](c3cccc(Cl)c3)[C@]23C=Nc2cc(Cl)ccc23)c1. The number of halogens is 2. The van der Waals surface area contributed by atoms with E-state index in [1.807, 2.05) is 66.7 Å². The molecule has 39 heavy (non-hydrogen) atoms. The summed E-state index contributed by atoms with van der Waals surface area (Å²) in [7, 11) is 1.64. The number of nitrogens with zero attached hydrogens (tertiary/aromatic N) is 1. The van der Waals surface area contributed by atoms with Gasteiger partial charge in [-0.3, -0.25) is 4.99 Å². The molecule has 0 radical (unpaired) electrons. The summed E-state index contributed by atoms with van der Waals surface area (Å²) in [5.41, 5.74) is 4.34. The van der Waals surface area contributed by atoms with Crippen LogP contribution in [0.1, 0.15) is 40.6 Å². The molecule has 1 N–H and O–H groups in total. The first-order valence-corrected chi connectivity index (χ1v) is 13.5. The summed E-state index contributed by atoms with van der Waals surface area (Å²) in [6, 6.07) is 27.3. The molecule has 0 unspecified atom stereocenters. The average molecular weight is 553 g/mol. The second-order valence-corrected chi connectivity index (χ2v) is 10.7. The molecule has 0 bridgehead atoms. The first kappa shape index (κ1) is 25.5. The molecule has 2 aliphatic heterocycles. The van der Waals surface area contributed by atoms with Crippen molar-refractivity contribution in [2.24, 2.45) is 4.99 Å². The van der Waals surface area contributed by atoms with Gasteiger partial charge in [-0.1, -0.05) is 47.3 Å². The van der Waals surface area contributed by atoms with Crippen LogP contribution in [0.25, 0.3) is 0 Å². The summed E-state index contributed by atoms with van der Waals surface area (Å²) < 4.78 is 11.8. The van der Waals surface area contributed by atoms with Crippen molar-refractivity contribution >= 4 is 35.1 Å². The van der Waals surface area contributed by atoms with Crippen molar-refractivity contribution in [2.45, 2.75) is 23.8 Å². The van der Waals surface area contributed by atoms with Crippen LogP contribution >= 0.6 is 23.2 Å². The van der Waals surface area contributed by atoms with Crippen molar-refractivity contribution in [3.63, 3.8) is 0 Å². The van der Waals surface area contributed by atoms with Gasteiger partial charge in [0.05, 0.1) is 24.3 Å². The fourth-order valence-corrected chi connectivity index (χ4v) is 6.34. The van der Waals surface area contributed by atoms with E-state index in [2.05, 4.69) is 35.7 Å². The molecule has 194 valence electrons. The van der Waals surface area contributed by atoms with Gasteiger partial charge < -0.3 is 14.8 Å². The van der Waals surface area contributed by atoms with Crippen LogP contribution in [0.2, 0.25) is 10.0 Å². The minimum atomic E-state index is -0.534. The van der Waals surface area contributed by atoms with Crippen molar-refractivity contribution in [3.05, 3.63) is 117 Å². The van der Waals surface area contributed by atoms with Crippen molar-refractivity contribution in [1.82, 2.24) is 5.32 Å². The highest BCUT2D eigenvalue weighted by atomic mass is 35.5. The Morgan fingerprint density at radius 2 is 1.74 bits per heavy atom. The molecule has 1 saturated heterocycles.